The Morgan fingerprint density at radius 3 is 1.10 bits per heavy atom. The Morgan fingerprint density at radius 2 is 1.10 bits per heavy atom. The van der Waals surface area contributed by atoms with E-state index in [2.05, 4.69) is 4.31 Å². The predicted octanol–water partition coefficient (Wildman–Crippen LogP) is -0.814. The van der Waals surface area contributed by atoms with E-state index in [4.69, 9.17) is 19.6 Å². The fraction of sp³-hybridized carbons (Fsp3) is 0. The van der Waals surface area contributed by atoms with Gasteiger partial charge in [-0.05, 0) is 0 Å². The molecule has 0 bridgehead atoms. The van der Waals surface area contributed by atoms with Crippen molar-refractivity contribution in [2.24, 2.45) is 0 Å². The molecule has 1 radical (unpaired) electrons. The van der Waals surface area contributed by atoms with Crippen molar-refractivity contribution in [3.05, 3.63) is 0 Å². The van der Waals surface area contributed by atoms with Crippen LogP contribution in [0.1, 0.15) is 0 Å². The van der Waals surface area contributed by atoms with Gasteiger partial charge in [-0.25, -0.2) is 9.13 Å². The van der Waals surface area contributed by atoms with E-state index in [1.165, 1.54) is 0 Å². The van der Waals surface area contributed by atoms with Gasteiger partial charge in [0.2, 0.25) is 0 Å². The standard InChI is InChI=1S/H4O7P2.Tc/c1-8(2,3)7-9(4,5)6;/h(H2,1,2,3)(H2,4,5,6);/i;1+1. The summed E-state index contributed by atoms with van der Waals surface area (Å²) < 4.78 is 22.2. The van der Waals surface area contributed by atoms with Crippen LogP contribution in [0.5, 0.6) is 0 Å². The molecule has 0 fully saturated rings. The molecular formula is H4O7P2Tc. The number of hydrogen-bond donors (Lipinski definition) is 4. The van der Waals surface area contributed by atoms with Gasteiger partial charge >= 0.3 is 15.6 Å². The van der Waals surface area contributed by atoms with Crippen LogP contribution in [0.25, 0.3) is 0 Å². The van der Waals surface area contributed by atoms with Crippen LogP contribution in [0.4, 0.5) is 0 Å². The smallest absolute Gasteiger partial charge is 0.302 e. The van der Waals surface area contributed by atoms with E-state index in [1.807, 2.05) is 0 Å². The average Bonchev–Trinajstić information content (AvgIpc) is 1.14. The maximum atomic E-state index is 9.63. The molecule has 0 aliphatic carbocycles. The van der Waals surface area contributed by atoms with Crippen molar-refractivity contribution >= 4 is 15.6 Å². The summed E-state index contributed by atoms with van der Waals surface area (Å²) in [4.78, 5) is 31.0. The van der Waals surface area contributed by atoms with Gasteiger partial charge in [0, 0.05) is 20.1 Å². The minimum absolute atomic E-state index is 0. The zero-order valence-corrected chi connectivity index (χ0v) is 7.93. The molecule has 4 N–H and O–H groups in total. The average molecular weight is 277 g/mol. The van der Waals surface area contributed by atoms with E-state index in [0.717, 1.165) is 0 Å². The van der Waals surface area contributed by atoms with Gasteiger partial charge in [-0.2, -0.15) is 4.31 Å². The molecule has 0 aliphatic heterocycles. The van der Waals surface area contributed by atoms with Crippen molar-refractivity contribution in [3.63, 3.8) is 0 Å². The van der Waals surface area contributed by atoms with Gasteiger partial charge in [0.05, 0.1) is 0 Å². The second-order valence-electron chi connectivity index (χ2n) is 1.06. The Labute approximate surface area is 69.2 Å². The third-order valence-electron chi connectivity index (χ3n) is 0.213. The van der Waals surface area contributed by atoms with Crippen molar-refractivity contribution in [3.8, 4) is 0 Å². The molecule has 0 heterocycles. The van der Waals surface area contributed by atoms with Crippen molar-refractivity contribution in [1.82, 2.24) is 0 Å². The second-order valence-corrected chi connectivity index (χ2v) is 3.68. The Hall–Kier alpha value is 0.909. The molecular weight excluding hydrogens is 273 g/mol. The summed E-state index contributed by atoms with van der Waals surface area (Å²) in [5, 5.41) is 0. The van der Waals surface area contributed by atoms with Crippen molar-refractivity contribution in [2.75, 3.05) is 0 Å². The molecule has 0 aromatic heterocycles. The van der Waals surface area contributed by atoms with Crippen molar-refractivity contribution in [1.29, 1.82) is 0 Å². The van der Waals surface area contributed by atoms with E-state index >= 15 is 0 Å². The van der Waals surface area contributed by atoms with E-state index in [-0.39, 0.29) is 20.1 Å². The van der Waals surface area contributed by atoms with Crippen LogP contribution < -0.4 is 0 Å². The van der Waals surface area contributed by atoms with Crippen LogP contribution in [0.15, 0.2) is 0 Å². The monoisotopic (exact) mass is 277 g/mol. The van der Waals surface area contributed by atoms with Crippen molar-refractivity contribution < 1.29 is 53.1 Å². The number of rotatable bonds is 2. The van der Waals surface area contributed by atoms with Crippen LogP contribution in [-0.2, 0) is 33.5 Å². The third kappa shape index (κ3) is 11.7. The largest absolute Gasteiger partial charge is 0.478 e. The summed E-state index contributed by atoms with van der Waals surface area (Å²) in [5.41, 5.74) is 0. The van der Waals surface area contributed by atoms with Crippen LogP contribution in [0, 0.1) is 0 Å². The molecule has 7 nitrogen and oxygen atoms in total. The van der Waals surface area contributed by atoms with Gasteiger partial charge in [-0.15, -0.1) is 0 Å². The molecule has 0 aromatic rings. The molecule has 10 heteroatoms. The molecule has 63 valence electrons. The van der Waals surface area contributed by atoms with Gasteiger partial charge in [-0.1, -0.05) is 0 Å². The quantitative estimate of drug-likeness (QED) is 0.486. The summed E-state index contributed by atoms with van der Waals surface area (Å²) in [6.07, 6.45) is 0. The minimum Gasteiger partial charge on any atom is -0.302 e. The molecule has 10 heavy (non-hydrogen) atoms. The van der Waals surface area contributed by atoms with Crippen LogP contribution in [-0.4, -0.2) is 19.6 Å². The summed E-state index contributed by atoms with van der Waals surface area (Å²) >= 11 is 0. The Morgan fingerprint density at radius 1 is 0.900 bits per heavy atom. The molecule has 0 rings (SSSR count). The maximum absolute atomic E-state index is 9.63. The van der Waals surface area contributed by atoms with E-state index in [0.29, 0.717) is 0 Å². The van der Waals surface area contributed by atoms with Crippen LogP contribution >= 0.6 is 15.6 Å². The summed E-state index contributed by atoms with van der Waals surface area (Å²) in [5.74, 6) is 0. The first kappa shape index (κ1) is 13.5. The molecule has 0 atom stereocenters. The molecule has 0 unspecified atom stereocenters. The normalized spacial score (nSPS) is 12.4. The third-order valence-corrected chi connectivity index (χ3v) is 1.91. The SMILES string of the molecule is O=P(O)(O)OP(=O)(O)O.[99Tc]. The molecule has 0 spiro atoms. The van der Waals surface area contributed by atoms with E-state index in [1.54, 1.807) is 0 Å². The molecule has 0 amide bonds. The fourth-order valence-electron chi connectivity index (χ4n) is 0.139. The first-order chi connectivity index (χ1) is 3.71. The molecule has 0 aliphatic rings. The van der Waals surface area contributed by atoms with Gasteiger partial charge in [0.1, 0.15) is 0 Å². The topological polar surface area (TPSA) is 124 Å². The van der Waals surface area contributed by atoms with Gasteiger partial charge in [-0.3, -0.25) is 0 Å². The van der Waals surface area contributed by atoms with E-state index < -0.39 is 15.6 Å². The number of hydrogen-bond acceptors (Lipinski definition) is 3. The Balaban J connectivity index is 0. The van der Waals surface area contributed by atoms with Gasteiger partial charge in [0.25, 0.3) is 0 Å². The minimum atomic E-state index is -5.05. The zero-order chi connectivity index (χ0) is 7.71. The van der Waals surface area contributed by atoms with Gasteiger partial charge < -0.3 is 19.6 Å². The summed E-state index contributed by atoms with van der Waals surface area (Å²) in [7, 11) is -10.1. The predicted molar refractivity (Wildman–Crippen MR) is 25.2 cm³/mol. The summed E-state index contributed by atoms with van der Waals surface area (Å²) in [6.45, 7) is 0. The second kappa shape index (κ2) is 4.07. The number of phosphoric acid groups is 2. The molecule has 0 aromatic carbocycles. The first-order valence-corrected chi connectivity index (χ1v) is 4.59. The first-order valence-electron chi connectivity index (χ1n) is 1.53. The van der Waals surface area contributed by atoms with Crippen LogP contribution in [0.2, 0.25) is 0 Å². The maximum Gasteiger partial charge on any atom is 0.478 e. The fourth-order valence-corrected chi connectivity index (χ4v) is 1.25. The van der Waals surface area contributed by atoms with Crippen molar-refractivity contribution in [2.45, 2.75) is 0 Å². The summed E-state index contributed by atoms with van der Waals surface area (Å²) in [6, 6.07) is 0. The van der Waals surface area contributed by atoms with Crippen LogP contribution in [0.3, 0.4) is 0 Å². The zero-order valence-electron chi connectivity index (χ0n) is 4.29. The Kier molecular flexibility index (Phi) is 5.49. The molecule has 0 saturated carbocycles. The van der Waals surface area contributed by atoms with E-state index in [9.17, 15) is 9.13 Å². The van der Waals surface area contributed by atoms with Gasteiger partial charge in [0.15, 0.2) is 0 Å². The molecule has 0 saturated heterocycles. The Bertz CT molecular complexity index is 152.